The third-order valence-electron chi connectivity index (χ3n) is 10.1. The second-order valence-corrected chi connectivity index (χ2v) is 14.2. The minimum absolute atomic E-state index is 0.221. The van der Waals surface area contributed by atoms with Crippen LogP contribution in [0.25, 0.3) is 6.08 Å². The van der Waals surface area contributed by atoms with Gasteiger partial charge in [-0.15, -0.1) is 0 Å². The molecular weight excluding hydrogens is 568 g/mol. The maximum atomic E-state index is 14.4. The molecule has 2 aliphatic carbocycles. The number of amides is 1. The molecule has 3 aromatic rings. The molecule has 9 nitrogen and oxygen atoms in total. The highest BCUT2D eigenvalue weighted by Crippen LogP contribution is 2.66. The molecule has 2 fully saturated rings. The standard InChI is InChI=1S/C33H36N2O7S/c1-19-15-20(2)30(21(3)16-19)43(38,39)35-13-12-32-28-23-6-7-25(40-4)29(28)42-31(32)24(9-11-33(32,37)26(35)17-23)34-27(36)8-5-22-10-14-41-18-22/h5-8,10,14-16,18,24,26,31,37H,9,11-13,17H2,1-4H3,(H,34,36)/b8-5+/t24-,26-,31+,32+,33-/m1/s1. The van der Waals surface area contributed by atoms with E-state index < -0.39 is 39.2 Å². The minimum Gasteiger partial charge on any atom is -0.493 e. The molecule has 3 heterocycles. The predicted molar refractivity (Wildman–Crippen MR) is 160 cm³/mol. The van der Waals surface area contributed by atoms with Crippen LogP contribution in [0, 0.1) is 20.8 Å². The number of ether oxygens (including phenoxy) is 2. The number of nitrogens with one attached hydrogen (secondary N) is 1. The second-order valence-electron chi connectivity index (χ2n) is 12.4. The van der Waals surface area contributed by atoms with E-state index in [1.165, 1.54) is 10.4 Å². The van der Waals surface area contributed by atoms with Gasteiger partial charge in [-0.25, -0.2) is 8.42 Å². The lowest BCUT2D eigenvalue weighted by molar-refractivity contribution is -0.177. The number of hydrogen-bond acceptors (Lipinski definition) is 7. The van der Waals surface area contributed by atoms with Gasteiger partial charge in [0.25, 0.3) is 0 Å². The van der Waals surface area contributed by atoms with E-state index in [9.17, 15) is 18.3 Å². The highest BCUT2D eigenvalue weighted by atomic mass is 32.2. The fourth-order valence-corrected chi connectivity index (χ4v) is 10.6. The maximum absolute atomic E-state index is 14.4. The lowest BCUT2D eigenvalue weighted by atomic mass is 9.48. The zero-order valence-electron chi connectivity index (χ0n) is 24.7. The van der Waals surface area contributed by atoms with Crippen molar-refractivity contribution in [2.24, 2.45) is 0 Å². The summed E-state index contributed by atoms with van der Waals surface area (Å²) in [6.07, 6.45) is 7.07. The average molecular weight is 605 g/mol. The van der Waals surface area contributed by atoms with Crippen LogP contribution in [0.5, 0.6) is 11.5 Å². The number of piperidine rings is 1. The van der Waals surface area contributed by atoms with E-state index in [1.807, 2.05) is 45.0 Å². The van der Waals surface area contributed by atoms with Crippen LogP contribution in [-0.4, -0.2) is 61.2 Å². The molecule has 1 saturated carbocycles. The van der Waals surface area contributed by atoms with Crippen LogP contribution >= 0.6 is 0 Å². The third kappa shape index (κ3) is 3.89. The molecule has 1 aromatic heterocycles. The van der Waals surface area contributed by atoms with Crippen LogP contribution in [-0.2, 0) is 26.7 Å². The normalized spacial score (nSPS) is 29.3. The molecule has 0 radical (unpaired) electrons. The first-order valence-electron chi connectivity index (χ1n) is 14.7. The van der Waals surface area contributed by atoms with Gasteiger partial charge in [0.05, 0.1) is 47.6 Å². The first-order chi connectivity index (χ1) is 20.5. The number of carbonyl (C=O) groups excluding carboxylic acids is 1. The summed E-state index contributed by atoms with van der Waals surface area (Å²) in [4.78, 5) is 13.4. The largest absolute Gasteiger partial charge is 0.493 e. The Balaban J connectivity index is 1.31. The molecule has 4 aliphatic rings. The van der Waals surface area contributed by atoms with E-state index >= 15 is 0 Å². The van der Waals surface area contributed by atoms with Gasteiger partial charge in [0.15, 0.2) is 11.5 Å². The van der Waals surface area contributed by atoms with E-state index in [0.717, 1.165) is 22.3 Å². The monoisotopic (exact) mass is 604 g/mol. The molecule has 1 amide bonds. The van der Waals surface area contributed by atoms with Crippen molar-refractivity contribution in [1.82, 2.24) is 9.62 Å². The van der Waals surface area contributed by atoms with Crippen LogP contribution in [0.15, 0.2) is 58.2 Å². The Kier molecular flexibility index (Phi) is 6.36. The van der Waals surface area contributed by atoms with Crippen molar-refractivity contribution in [3.63, 3.8) is 0 Å². The summed E-state index contributed by atoms with van der Waals surface area (Å²) in [7, 11) is -2.36. The van der Waals surface area contributed by atoms with E-state index in [2.05, 4.69) is 5.32 Å². The first-order valence-corrected chi connectivity index (χ1v) is 16.1. The number of methoxy groups -OCH3 is 1. The van der Waals surface area contributed by atoms with E-state index in [0.29, 0.717) is 53.2 Å². The Morgan fingerprint density at radius 1 is 1.16 bits per heavy atom. The summed E-state index contributed by atoms with van der Waals surface area (Å²) >= 11 is 0. The molecule has 43 heavy (non-hydrogen) atoms. The van der Waals surface area contributed by atoms with Crippen molar-refractivity contribution in [2.45, 2.75) is 80.6 Å². The summed E-state index contributed by atoms with van der Waals surface area (Å²) in [6.45, 7) is 5.84. The Bertz CT molecular complexity index is 1740. The summed E-state index contributed by atoms with van der Waals surface area (Å²) in [6, 6.07) is 8.26. The minimum atomic E-state index is -3.94. The van der Waals surface area contributed by atoms with Gasteiger partial charge in [-0.2, -0.15) is 4.31 Å². The molecule has 2 N–H and O–H groups in total. The Morgan fingerprint density at radius 2 is 1.93 bits per heavy atom. The molecule has 2 aliphatic heterocycles. The van der Waals surface area contributed by atoms with Gasteiger partial charge in [0.1, 0.15) is 6.10 Å². The molecule has 1 spiro atoms. The van der Waals surface area contributed by atoms with Crippen LogP contribution in [0.3, 0.4) is 0 Å². The average Bonchev–Trinajstić information content (AvgIpc) is 3.58. The van der Waals surface area contributed by atoms with Crippen molar-refractivity contribution in [1.29, 1.82) is 0 Å². The van der Waals surface area contributed by atoms with Crippen molar-refractivity contribution in [2.75, 3.05) is 13.7 Å². The molecule has 5 atom stereocenters. The Hall–Kier alpha value is -3.60. The quantitative estimate of drug-likeness (QED) is 0.409. The Labute approximate surface area is 251 Å². The van der Waals surface area contributed by atoms with E-state index in [1.54, 1.807) is 31.8 Å². The number of benzene rings is 2. The molecule has 226 valence electrons. The highest BCUT2D eigenvalue weighted by Gasteiger charge is 2.74. The van der Waals surface area contributed by atoms with Crippen molar-refractivity contribution < 1.29 is 32.2 Å². The SMILES string of the molecule is COc1ccc2c3c1O[C@H]1[C@H](NC(=O)/C=C/c4ccoc4)CC[C@@]4(O)[C@@H](C2)N(S(=O)(=O)c2c(C)cc(C)cc2C)CC[C@]314. The van der Waals surface area contributed by atoms with Gasteiger partial charge in [-0.1, -0.05) is 23.8 Å². The second kappa shape index (κ2) is 9.70. The summed E-state index contributed by atoms with van der Waals surface area (Å²) in [5, 5.41) is 16.0. The van der Waals surface area contributed by atoms with E-state index in [-0.39, 0.29) is 12.5 Å². The van der Waals surface area contributed by atoms with Gasteiger partial charge in [-0.05, 0) is 81.4 Å². The third-order valence-corrected chi connectivity index (χ3v) is 12.3. The van der Waals surface area contributed by atoms with Crippen molar-refractivity contribution in [3.05, 3.63) is 82.3 Å². The summed E-state index contributed by atoms with van der Waals surface area (Å²) in [5.41, 5.74) is 2.68. The zero-order chi connectivity index (χ0) is 30.3. The number of aliphatic hydroxyl groups is 1. The highest BCUT2D eigenvalue weighted by molar-refractivity contribution is 7.89. The van der Waals surface area contributed by atoms with Gasteiger partial charge >= 0.3 is 0 Å². The van der Waals surface area contributed by atoms with Crippen LogP contribution in [0.2, 0.25) is 0 Å². The fraction of sp³-hybridized carbons (Fsp3) is 0.424. The zero-order valence-corrected chi connectivity index (χ0v) is 25.5. The smallest absolute Gasteiger partial charge is 0.244 e. The molecule has 1 saturated heterocycles. The molecule has 7 rings (SSSR count). The van der Waals surface area contributed by atoms with Gasteiger partial charge in [-0.3, -0.25) is 4.79 Å². The Morgan fingerprint density at radius 3 is 2.63 bits per heavy atom. The number of nitrogens with zero attached hydrogens (tertiary/aromatic N) is 1. The fourth-order valence-electron chi connectivity index (χ4n) is 8.56. The van der Waals surface area contributed by atoms with Crippen LogP contribution in [0.4, 0.5) is 0 Å². The van der Waals surface area contributed by atoms with Gasteiger partial charge in [0.2, 0.25) is 15.9 Å². The van der Waals surface area contributed by atoms with Crippen LogP contribution in [0.1, 0.15) is 52.6 Å². The van der Waals surface area contributed by atoms with Crippen molar-refractivity contribution >= 4 is 22.0 Å². The topological polar surface area (TPSA) is 118 Å². The number of hydrogen-bond donors (Lipinski definition) is 2. The number of aryl methyl sites for hydroxylation is 3. The summed E-state index contributed by atoms with van der Waals surface area (Å²) in [5.74, 6) is 0.866. The lowest BCUT2D eigenvalue weighted by Crippen LogP contribution is -2.78. The molecule has 2 aromatic carbocycles. The molecular formula is C33H36N2O7S. The molecule has 0 unspecified atom stereocenters. The lowest BCUT2D eigenvalue weighted by Gasteiger charge is -2.63. The van der Waals surface area contributed by atoms with Crippen molar-refractivity contribution in [3.8, 4) is 11.5 Å². The summed E-state index contributed by atoms with van der Waals surface area (Å²) < 4.78 is 47.9. The van der Waals surface area contributed by atoms with E-state index in [4.69, 9.17) is 13.9 Å². The number of carbonyl (C=O) groups is 1. The predicted octanol–water partition coefficient (Wildman–Crippen LogP) is 3.95. The number of sulfonamides is 1. The van der Waals surface area contributed by atoms with Gasteiger partial charge in [0, 0.05) is 23.7 Å². The molecule has 10 heteroatoms. The first kappa shape index (κ1) is 28.2. The van der Waals surface area contributed by atoms with Gasteiger partial charge < -0.3 is 24.3 Å². The molecule has 2 bridgehead atoms. The number of furan rings is 1. The van der Waals surface area contributed by atoms with Crippen LogP contribution < -0.4 is 14.8 Å². The number of rotatable bonds is 6. The maximum Gasteiger partial charge on any atom is 0.244 e.